The first kappa shape index (κ1) is 9.67. The predicted molar refractivity (Wildman–Crippen MR) is 55.4 cm³/mol. The normalized spacial score (nSPS) is 12.7. The van der Waals surface area contributed by atoms with Gasteiger partial charge in [0.15, 0.2) is 0 Å². The summed E-state index contributed by atoms with van der Waals surface area (Å²) in [7, 11) is 0. The number of nitrogens with zero attached hydrogens (tertiary/aromatic N) is 1. The van der Waals surface area contributed by atoms with Gasteiger partial charge in [-0.15, -0.1) is 0 Å². The Kier molecular flexibility index (Phi) is 2.39. The van der Waals surface area contributed by atoms with E-state index < -0.39 is 12.0 Å². The molecule has 3 N–H and O–H groups in total. The molecular formula is C10H11N3O2. The third-order valence-electron chi connectivity index (χ3n) is 1.94. The first-order valence-electron chi connectivity index (χ1n) is 4.59. The first-order valence-corrected chi connectivity index (χ1v) is 4.59. The molecule has 1 heterocycles. The highest BCUT2D eigenvalue weighted by Gasteiger charge is 2.12. The number of rotatable bonds is 2. The average Bonchev–Trinajstić information content (AvgIpc) is 2.59. The molecule has 1 aromatic heterocycles. The van der Waals surface area contributed by atoms with Crippen molar-refractivity contribution >= 4 is 17.0 Å². The number of hydrogen-bond donors (Lipinski definition) is 2. The zero-order valence-electron chi connectivity index (χ0n) is 8.23. The first-order chi connectivity index (χ1) is 7.16. The SMILES string of the molecule is C[C@H](N)C(=O)Oc1nc2ccccc2[nH]1. The largest absolute Gasteiger partial charge is 0.391 e. The lowest BCUT2D eigenvalue weighted by molar-refractivity contribution is -0.135. The number of nitrogens with one attached hydrogen (secondary N) is 1. The average molecular weight is 205 g/mol. The smallest absolute Gasteiger partial charge is 0.330 e. The van der Waals surface area contributed by atoms with E-state index in [4.69, 9.17) is 10.5 Å². The van der Waals surface area contributed by atoms with E-state index in [-0.39, 0.29) is 6.01 Å². The molecule has 2 aromatic rings. The van der Waals surface area contributed by atoms with Gasteiger partial charge in [0.25, 0.3) is 0 Å². The zero-order valence-corrected chi connectivity index (χ0v) is 8.23. The molecule has 0 saturated carbocycles. The minimum absolute atomic E-state index is 0.179. The van der Waals surface area contributed by atoms with Crippen LogP contribution in [0, 0.1) is 0 Å². The highest BCUT2D eigenvalue weighted by Crippen LogP contribution is 2.14. The maximum atomic E-state index is 11.2. The van der Waals surface area contributed by atoms with E-state index in [1.165, 1.54) is 0 Å². The summed E-state index contributed by atoms with van der Waals surface area (Å²) < 4.78 is 4.93. The molecule has 0 amide bonds. The minimum atomic E-state index is -0.654. The van der Waals surface area contributed by atoms with E-state index in [1.54, 1.807) is 6.92 Å². The summed E-state index contributed by atoms with van der Waals surface area (Å²) in [5.41, 5.74) is 6.94. The number of esters is 1. The molecule has 0 aliphatic carbocycles. The monoisotopic (exact) mass is 205 g/mol. The lowest BCUT2D eigenvalue weighted by Crippen LogP contribution is -2.31. The molecule has 1 atom stereocenters. The van der Waals surface area contributed by atoms with Gasteiger partial charge in [-0.25, -0.2) is 4.79 Å². The molecule has 78 valence electrons. The Labute approximate surface area is 86.3 Å². The lowest BCUT2D eigenvalue weighted by atomic mass is 10.3. The molecular weight excluding hydrogens is 194 g/mol. The van der Waals surface area contributed by atoms with Crippen molar-refractivity contribution in [3.05, 3.63) is 24.3 Å². The Balaban J connectivity index is 2.26. The van der Waals surface area contributed by atoms with E-state index in [0.29, 0.717) is 0 Å². The molecule has 5 nitrogen and oxygen atoms in total. The molecule has 0 fully saturated rings. The summed E-state index contributed by atoms with van der Waals surface area (Å²) in [5, 5.41) is 0. The van der Waals surface area contributed by atoms with Crippen molar-refractivity contribution in [1.82, 2.24) is 9.97 Å². The number of benzene rings is 1. The van der Waals surface area contributed by atoms with Gasteiger partial charge in [0.2, 0.25) is 0 Å². The van der Waals surface area contributed by atoms with Crippen molar-refractivity contribution in [3.8, 4) is 6.01 Å². The molecule has 0 spiro atoms. The number of hydrogen-bond acceptors (Lipinski definition) is 4. The van der Waals surface area contributed by atoms with Crippen molar-refractivity contribution in [2.75, 3.05) is 0 Å². The predicted octanol–water partition coefficient (Wildman–Crippen LogP) is 0.816. The van der Waals surface area contributed by atoms with Gasteiger partial charge in [-0.2, -0.15) is 4.98 Å². The number of ether oxygens (including phenoxy) is 1. The summed E-state index contributed by atoms with van der Waals surface area (Å²) >= 11 is 0. The number of para-hydroxylation sites is 2. The number of aromatic nitrogens is 2. The van der Waals surface area contributed by atoms with E-state index in [9.17, 15) is 4.79 Å². The summed E-state index contributed by atoms with van der Waals surface area (Å²) in [6.45, 7) is 1.56. The molecule has 2 rings (SSSR count). The number of aromatic amines is 1. The molecule has 0 aliphatic rings. The maximum absolute atomic E-state index is 11.2. The van der Waals surface area contributed by atoms with Gasteiger partial charge in [0, 0.05) is 0 Å². The molecule has 0 saturated heterocycles. The van der Waals surface area contributed by atoms with E-state index in [1.807, 2.05) is 24.3 Å². The standard InChI is InChI=1S/C10H11N3O2/c1-6(11)9(14)15-10-12-7-4-2-3-5-8(7)13-10/h2-6H,11H2,1H3,(H,12,13)/t6-/m0/s1. The second-order valence-electron chi connectivity index (χ2n) is 3.27. The van der Waals surface area contributed by atoms with Crippen LogP contribution in [0.25, 0.3) is 11.0 Å². The summed E-state index contributed by atoms with van der Waals surface area (Å²) in [5.74, 6) is -0.506. The Morgan fingerprint density at radius 3 is 2.93 bits per heavy atom. The van der Waals surface area contributed by atoms with Crippen LogP contribution in [0.5, 0.6) is 6.01 Å². The number of carbonyl (C=O) groups is 1. The second kappa shape index (κ2) is 3.70. The van der Waals surface area contributed by atoms with E-state index in [0.717, 1.165) is 11.0 Å². The van der Waals surface area contributed by atoms with Gasteiger partial charge >= 0.3 is 12.0 Å². The second-order valence-corrected chi connectivity index (χ2v) is 3.27. The Morgan fingerprint density at radius 1 is 1.53 bits per heavy atom. The quantitative estimate of drug-likeness (QED) is 0.711. The van der Waals surface area contributed by atoms with Gasteiger partial charge < -0.3 is 15.5 Å². The van der Waals surface area contributed by atoms with Crippen LogP contribution in [0.4, 0.5) is 0 Å². The highest BCUT2D eigenvalue weighted by atomic mass is 16.5. The molecule has 5 heteroatoms. The molecule has 0 bridgehead atoms. The fourth-order valence-corrected chi connectivity index (χ4v) is 1.17. The number of nitrogens with two attached hydrogens (primary N) is 1. The molecule has 0 radical (unpaired) electrons. The number of fused-ring (bicyclic) bond motifs is 1. The third-order valence-corrected chi connectivity index (χ3v) is 1.94. The number of carbonyl (C=O) groups excluding carboxylic acids is 1. The van der Waals surface area contributed by atoms with Crippen LogP contribution < -0.4 is 10.5 Å². The molecule has 1 aromatic carbocycles. The summed E-state index contributed by atoms with van der Waals surface area (Å²) in [6, 6.07) is 6.94. The van der Waals surface area contributed by atoms with Gasteiger partial charge in [0.1, 0.15) is 6.04 Å². The van der Waals surface area contributed by atoms with Gasteiger partial charge in [0.05, 0.1) is 11.0 Å². The minimum Gasteiger partial charge on any atom is -0.391 e. The molecule has 15 heavy (non-hydrogen) atoms. The molecule has 0 aliphatic heterocycles. The topological polar surface area (TPSA) is 81.0 Å². The zero-order chi connectivity index (χ0) is 10.8. The van der Waals surface area contributed by atoms with Gasteiger partial charge in [-0.1, -0.05) is 12.1 Å². The Morgan fingerprint density at radius 2 is 2.27 bits per heavy atom. The lowest BCUT2D eigenvalue weighted by Gasteiger charge is -2.01. The fourth-order valence-electron chi connectivity index (χ4n) is 1.17. The van der Waals surface area contributed by atoms with Gasteiger partial charge in [-0.3, -0.25) is 0 Å². The van der Waals surface area contributed by atoms with Crippen LogP contribution in [0.1, 0.15) is 6.92 Å². The maximum Gasteiger partial charge on any atom is 0.330 e. The van der Waals surface area contributed by atoms with E-state index in [2.05, 4.69) is 9.97 Å². The summed E-state index contributed by atoms with van der Waals surface area (Å²) in [4.78, 5) is 18.1. The third kappa shape index (κ3) is 1.97. The van der Waals surface area contributed by atoms with Crippen molar-refractivity contribution in [2.45, 2.75) is 13.0 Å². The van der Waals surface area contributed by atoms with Crippen LogP contribution >= 0.6 is 0 Å². The Bertz CT molecular complexity index is 457. The fraction of sp³-hybridized carbons (Fsp3) is 0.200. The highest BCUT2D eigenvalue weighted by molar-refractivity contribution is 5.79. The van der Waals surface area contributed by atoms with Crippen LogP contribution in [0.3, 0.4) is 0 Å². The van der Waals surface area contributed by atoms with E-state index >= 15 is 0 Å². The van der Waals surface area contributed by atoms with Crippen LogP contribution in [-0.2, 0) is 4.79 Å². The van der Waals surface area contributed by atoms with Crippen molar-refractivity contribution < 1.29 is 9.53 Å². The van der Waals surface area contributed by atoms with Crippen LogP contribution in [-0.4, -0.2) is 22.0 Å². The van der Waals surface area contributed by atoms with Crippen molar-refractivity contribution in [3.63, 3.8) is 0 Å². The summed E-state index contributed by atoms with van der Waals surface area (Å²) in [6.07, 6.45) is 0. The van der Waals surface area contributed by atoms with Crippen molar-refractivity contribution in [2.24, 2.45) is 5.73 Å². The van der Waals surface area contributed by atoms with Crippen molar-refractivity contribution in [1.29, 1.82) is 0 Å². The van der Waals surface area contributed by atoms with Crippen LogP contribution in [0.2, 0.25) is 0 Å². The van der Waals surface area contributed by atoms with Gasteiger partial charge in [-0.05, 0) is 19.1 Å². The molecule has 0 unspecified atom stereocenters. The Hall–Kier alpha value is -1.88. The number of imidazole rings is 1. The van der Waals surface area contributed by atoms with Crippen LogP contribution in [0.15, 0.2) is 24.3 Å². The number of H-pyrrole nitrogens is 1.